The van der Waals surface area contributed by atoms with Gasteiger partial charge >= 0.3 is 5.97 Å². The number of carboxylic acids is 1. The van der Waals surface area contributed by atoms with Crippen LogP contribution in [-0.2, 0) is 4.79 Å². The maximum Gasteiger partial charge on any atom is 0.308 e. The van der Waals surface area contributed by atoms with Crippen LogP contribution in [0.2, 0.25) is 0 Å². The Morgan fingerprint density at radius 1 is 1.10 bits per heavy atom. The van der Waals surface area contributed by atoms with Crippen molar-refractivity contribution in [3.05, 3.63) is 0 Å². The molecule has 3 nitrogen and oxygen atoms in total. The van der Waals surface area contributed by atoms with Gasteiger partial charge in [0, 0.05) is 12.6 Å². The molecule has 2 aliphatic carbocycles. The van der Waals surface area contributed by atoms with Crippen LogP contribution in [0.4, 0.5) is 0 Å². The zero-order valence-electron chi connectivity index (χ0n) is 13.2. The van der Waals surface area contributed by atoms with Crippen molar-refractivity contribution in [3.63, 3.8) is 0 Å². The van der Waals surface area contributed by atoms with Crippen molar-refractivity contribution in [2.45, 2.75) is 70.8 Å². The van der Waals surface area contributed by atoms with E-state index in [9.17, 15) is 9.90 Å². The summed E-state index contributed by atoms with van der Waals surface area (Å²) in [4.78, 5) is 13.9. The lowest BCUT2D eigenvalue weighted by molar-refractivity contribution is -0.146. The van der Waals surface area contributed by atoms with Crippen molar-refractivity contribution >= 4 is 5.97 Å². The summed E-state index contributed by atoms with van der Waals surface area (Å²) < 4.78 is 0. The summed E-state index contributed by atoms with van der Waals surface area (Å²) in [5, 5.41) is 9.50. The first-order valence-corrected chi connectivity index (χ1v) is 8.54. The minimum absolute atomic E-state index is 0.147. The molecule has 0 radical (unpaired) electrons. The zero-order chi connectivity index (χ0) is 14.5. The minimum Gasteiger partial charge on any atom is -0.481 e. The molecule has 3 heteroatoms. The Kier molecular flexibility index (Phi) is 5.88. The van der Waals surface area contributed by atoms with Crippen molar-refractivity contribution in [2.75, 3.05) is 13.6 Å². The van der Waals surface area contributed by atoms with E-state index in [-0.39, 0.29) is 12.0 Å². The van der Waals surface area contributed by atoms with Crippen LogP contribution in [0.3, 0.4) is 0 Å². The highest BCUT2D eigenvalue weighted by molar-refractivity contribution is 5.71. The zero-order valence-corrected chi connectivity index (χ0v) is 13.2. The van der Waals surface area contributed by atoms with Crippen LogP contribution in [-0.4, -0.2) is 35.6 Å². The average molecular weight is 281 g/mol. The van der Waals surface area contributed by atoms with Crippen molar-refractivity contribution in [2.24, 2.45) is 17.8 Å². The van der Waals surface area contributed by atoms with Crippen LogP contribution >= 0.6 is 0 Å². The van der Waals surface area contributed by atoms with Crippen LogP contribution in [0.25, 0.3) is 0 Å². The number of carboxylic acid groups (broad SMARTS) is 1. The summed E-state index contributed by atoms with van der Waals surface area (Å²) in [6, 6.07) is 0.258. The monoisotopic (exact) mass is 281 g/mol. The molecule has 3 unspecified atom stereocenters. The fourth-order valence-corrected chi connectivity index (χ4v) is 4.29. The van der Waals surface area contributed by atoms with E-state index >= 15 is 0 Å². The van der Waals surface area contributed by atoms with Gasteiger partial charge < -0.3 is 10.0 Å². The van der Waals surface area contributed by atoms with Gasteiger partial charge in [-0.05, 0) is 51.0 Å². The second kappa shape index (κ2) is 7.44. The molecule has 0 spiro atoms. The molecule has 116 valence electrons. The quantitative estimate of drug-likeness (QED) is 0.833. The summed E-state index contributed by atoms with van der Waals surface area (Å²) in [6.07, 6.45) is 11.0. The Morgan fingerprint density at radius 2 is 1.80 bits per heavy atom. The molecule has 3 atom stereocenters. The third kappa shape index (κ3) is 3.97. The van der Waals surface area contributed by atoms with Crippen molar-refractivity contribution < 1.29 is 9.90 Å². The first-order valence-electron chi connectivity index (χ1n) is 8.54. The smallest absolute Gasteiger partial charge is 0.308 e. The molecule has 0 aliphatic heterocycles. The molecular formula is C17H31NO2. The molecule has 1 N–H and O–H groups in total. The van der Waals surface area contributed by atoms with Gasteiger partial charge in [0.05, 0.1) is 5.92 Å². The Balaban J connectivity index is 1.95. The molecule has 0 heterocycles. The highest BCUT2D eigenvalue weighted by atomic mass is 16.4. The summed E-state index contributed by atoms with van der Waals surface area (Å²) in [5.74, 6) is 0.793. The van der Waals surface area contributed by atoms with Gasteiger partial charge in [0.2, 0.25) is 0 Å². The molecule has 2 aliphatic rings. The van der Waals surface area contributed by atoms with Crippen LogP contribution in [0.5, 0.6) is 0 Å². The summed E-state index contributed by atoms with van der Waals surface area (Å²) in [7, 11) is 2.16. The normalized spacial score (nSPS) is 32.5. The Hall–Kier alpha value is -0.570. The molecule has 0 aromatic rings. The van der Waals surface area contributed by atoms with Gasteiger partial charge in [-0.1, -0.05) is 32.6 Å². The van der Waals surface area contributed by atoms with Gasteiger partial charge in [-0.3, -0.25) is 4.79 Å². The van der Waals surface area contributed by atoms with Gasteiger partial charge in [-0.15, -0.1) is 0 Å². The van der Waals surface area contributed by atoms with Crippen molar-refractivity contribution in [1.29, 1.82) is 0 Å². The van der Waals surface area contributed by atoms with Crippen LogP contribution in [0.1, 0.15) is 64.7 Å². The predicted molar refractivity (Wildman–Crippen MR) is 81.8 cm³/mol. The van der Waals surface area contributed by atoms with E-state index in [0.29, 0.717) is 0 Å². The van der Waals surface area contributed by atoms with E-state index < -0.39 is 5.97 Å². The van der Waals surface area contributed by atoms with Crippen molar-refractivity contribution in [3.8, 4) is 0 Å². The molecule has 0 bridgehead atoms. The summed E-state index contributed by atoms with van der Waals surface area (Å²) >= 11 is 0. The number of rotatable bonds is 5. The molecule has 20 heavy (non-hydrogen) atoms. The number of aliphatic carboxylic acids is 1. The van der Waals surface area contributed by atoms with Gasteiger partial charge in [0.1, 0.15) is 0 Å². The molecule has 2 rings (SSSR count). The van der Waals surface area contributed by atoms with Gasteiger partial charge in [0.25, 0.3) is 0 Å². The third-order valence-electron chi connectivity index (χ3n) is 5.66. The summed E-state index contributed by atoms with van der Waals surface area (Å²) in [6.45, 7) is 3.34. The Bertz CT molecular complexity index is 312. The van der Waals surface area contributed by atoms with Gasteiger partial charge in [0.15, 0.2) is 0 Å². The van der Waals surface area contributed by atoms with E-state index in [1.807, 2.05) is 0 Å². The van der Waals surface area contributed by atoms with Gasteiger partial charge in [-0.2, -0.15) is 0 Å². The lowest BCUT2D eigenvalue weighted by Gasteiger charge is -2.41. The minimum atomic E-state index is -0.583. The van der Waals surface area contributed by atoms with E-state index in [0.717, 1.165) is 37.6 Å². The molecule has 0 aromatic heterocycles. The molecule has 2 saturated carbocycles. The largest absolute Gasteiger partial charge is 0.481 e. The highest BCUT2D eigenvalue weighted by Crippen LogP contribution is 2.35. The van der Waals surface area contributed by atoms with Crippen LogP contribution < -0.4 is 0 Å². The van der Waals surface area contributed by atoms with E-state index in [1.54, 1.807) is 0 Å². The maximum absolute atomic E-state index is 11.5. The van der Waals surface area contributed by atoms with Gasteiger partial charge in [-0.25, -0.2) is 0 Å². The highest BCUT2D eigenvalue weighted by Gasteiger charge is 2.37. The predicted octanol–water partition coefficient (Wildman–Crippen LogP) is 3.78. The fourth-order valence-electron chi connectivity index (χ4n) is 4.29. The topological polar surface area (TPSA) is 40.5 Å². The lowest BCUT2D eigenvalue weighted by Crippen LogP contribution is -2.47. The Labute approximate surface area is 123 Å². The van der Waals surface area contributed by atoms with E-state index in [1.165, 1.54) is 38.5 Å². The molecule has 0 saturated heterocycles. The molecule has 0 amide bonds. The second-order valence-electron chi connectivity index (χ2n) is 7.04. The van der Waals surface area contributed by atoms with Crippen LogP contribution in [0.15, 0.2) is 0 Å². The molecule has 2 fully saturated rings. The Morgan fingerprint density at radius 3 is 2.40 bits per heavy atom. The first-order chi connectivity index (χ1) is 9.61. The SMILES string of the molecule is CCC1CCC(C(=O)O)C(N(C)CC2CCCCC2)C1. The lowest BCUT2D eigenvalue weighted by atomic mass is 9.76. The fraction of sp³-hybridized carbons (Fsp3) is 0.941. The number of carbonyl (C=O) groups is 1. The third-order valence-corrected chi connectivity index (χ3v) is 5.66. The maximum atomic E-state index is 11.5. The van der Waals surface area contributed by atoms with Crippen LogP contribution in [0, 0.1) is 17.8 Å². The number of nitrogens with zero attached hydrogens (tertiary/aromatic N) is 1. The first kappa shape index (κ1) is 15.8. The standard InChI is InChI=1S/C17H31NO2/c1-3-13-9-10-15(17(19)20)16(11-13)18(2)12-14-7-5-4-6-8-14/h13-16H,3-12H2,1-2H3,(H,19,20). The number of hydrogen-bond acceptors (Lipinski definition) is 2. The van der Waals surface area contributed by atoms with E-state index in [4.69, 9.17) is 0 Å². The molecular weight excluding hydrogens is 250 g/mol. The van der Waals surface area contributed by atoms with Crippen molar-refractivity contribution in [1.82, 2.24) is 4.90 Å². The van der Waals surface area contributed by atoms with E-state index in [2.05, 4.69) is 18.9 Å². The average Bonchev–Trinajstić information content (AvgIpc) is 2.47. The second-order valence-corrected chi connectivity index (χ2v) is 7.04. The number of hydrogen-bond donors (Lipinski definition) is 1. The summed E-state index contributed by atoms with van der Waals surface area (Å²) in [5.41, 5.74) is 0. The molecule has 0 aromatic carbocycles.